The number of carbonyl (C=O) groups excluding carboxylic acids is 2. The van der Waals surface area contributed by atoms with Crippen LogP contribution in [0.1, 0.15) is 11.1 Å². The highest BCUT2D eigenvalue weighted by Crippen LogP contribution is 2.15. The summed E-state index contributed by atoms with van der Waals surface area (Å²) in [5, 5.41) is 2.72. The maximum atomic E-state index is 12.1. The third kappa shape index (κ3) is 6.89. The van der Waals surface area contributed by atoms with Crippen molar-refractivity contribution >= 4 is 23.6 Å². The summed E-state index contributed by atoms with van der Waals surface area (Å²) in [4.78, 5) is 25.4. The van der Waals surface area contributed by atoms with Crippen LogP contribution in [-0.4, -0.2) is 36.9 Å². The number of likely N-dealkylation sites (N-methyl/N-ethyl adjacent to an activating group) is 1. The van der Waals surface area contributed by atoms with Crippen LogP contribution >= 0.6 is 0 Å². The van der Waals surface area contributed by atoms with Gasteiger partial charge in [0.25, 0.3) is 0 Å². The summed E-state index contributed by atoms with van der Waals surface area (Å²) in [5.74, 6) is -0.628. The van der Waals surface area contributed by atoms with Crippen LogP contribution < -0.4 is 10.1 Å². The van der Waals surface area contributed by atoms with E-state index in [0.29, 0.717) is 11.3 Å². The number of rotatable bonds is 7. The summed E-state index contributed by atoms with van der Waals surface area (Å²) in [6, 6.07) is 13.2. The zero-order valence-electron chi connectivity index (χ0n) is 15.0. The average Bonchev–Trinajstić information content (AvgIpc) is 2.62. The number of amides is 2. The van der Waals surface area contributed by atoms with Gasteiger partial charge in [0.2, 0.25) is 11.8 Å². The fraction of sp³-hybridized carbons (Fsp3) is 0.200. The Balaban J connectivity index is 1.86. The summed E-state index contributed by atoms with van der Waals surface area (Å²) >= 11 is 0. The Kier molecular flexibility index (Phi) is 7.05. The summed E-state index contributed by atoms with van der Waals surface area (Å²) in [5.41, 5.74) is 2.38. The molecule has 5 nitrogen and oxygen atoms in total. The van der Waals surface area contributed by atoms with E-state index >= 15 is 0 Å². The molecule has 0 atom stereocenters. The molecule has 2 rings (SSSR count). The molecular weight excluding hydrogens is 354 g/mol. The molecule has 0 bridgehead atoms. The molecule has 0 aliphatic rings. The topological polar surface area (TPSA) is 58.6 Å². The van der Waals surface area contributed by atoms with Gasteiger partial charge in [0.05, 0.1) is 6.54 Å². The van der Waals surface area contributed by atoms with E-state index < -0.39 is 6.61 Å². The third-order valence-electron chi connectivity index (χ3n) is 3.62. The van der Waals surface area contributed by atoms with Crippen LogP contribution in [0.3, 0.4) is 0 Å². The number of anilines is 1. The molecule has 0 heterocycles. The number of nitrogens with one attached hydrogen (secondary N) is 1. The van der Waals surface area contributed by atoms with Crippen LogP contribution in [0.5, 0.6) is 5.75 Å². The number of ether oxygens (including phenoxy) is 1. The predicted octanol–water partition coefficient (Wildman–Crippen LogP) is 3.71. The van der Waals surface area contributed by atoms with E-state index in [0.717, 1.165) is 5.56 Å². The van der Waals surface area contributed by atoms with Crippen molar-refractivity contribution in [1.82, 2.24) is 4.90 Å². The SMILES string of the molecule is Cc1ccc(NC(=O)CN(C)C(=O)/C=C/c2ccc(OC(F)F)cc2)cc1. The van der Waals surface area contributed by atoms with Gasteiger partial charge in [-0.05, 0) is 42.8 Å². The fourth-order valence-corrected chi connectivity index (χ4v) is 2.19. The fourth-order valence-electron chi connectivity index (χ4n) is 2.19. The molecule has 0 aromatic heterocycles. The zero-order valence-corrected chi connectivity index (χ0v) is 15.0. The largest absolute Gasteiger partial charge is 0.435 e. The average molecular weight is 374 g/mol. The lowest BCUT2D eigenvalue weighted by Gasteiger charge is -2.15. The second-order valence-electron chi connectivity index (χ2n) is 5.89. The first-order valence-electron chi connectivity index (χ1n) is 8.18. The van der Waals surface area contributed by atoms with Crippen LogP contribution in [-0.2, 0) is 9.59 Å². The van der Waals surface area contributed by atoms with Crippen molar-refractivity contribution in [3.05, 3.63) is 65.7 Å². The first kappa shape index (κ1) is 20.1. The second-order valence-corrected chi connectivity index (χ2v) is 5.89. The highest BCUT2D eigenvalue weighted by molar-refractivity contribution is 5.97. The quantitative estimate of drug-likeness (QED) is 0.752. The summed E-state index contributed by atoms with van der Waals surface area (Å²) in [7, 11) is 1.51. The molecule has 0 fully saturated rings. The Morgan fingerprint density at radius 2 is 1.74 bits per heavy atom. The Bertz CT molecular complexity index is 803. The Morgan fingerprint density at radius 1 is 1.11 bits per heavy atom. The van der Waals surface area contributed by atoms with E-state index in [-0.39, 0.29) is 24.1 Å². The minimum absolute atomic E-state index is 0.0402. The highest BCUT2D eigenvalue weighted by Gasteiger charge is 2.11. The van der Waals surface area contributed by atoms with Crippen molar-refractivity contribution < 1.29 is 23.1 Å². The molecule has 2 aromatic carbocycles. The van der Waals surface area contributed by atoms with Gasteiger partial charge in [-0.1, -0.05) is 29.8 Å². The molecule has 142 valence electrons. The normalized spacial score (nSPS) is 10.9. The van der Waals surface area contributed by atoms with Crippen molar-refractivity contribution in [3.63, 3.8) is 0 Å². The van der Waals surface area contributed by atoms with Crippen LogP contribution in [0.2, 0.25) is 0 Å². The Hall–Kier alpha value is -3.22. The van der Waals surface area contributed by atoms with Gasteiger partial charge in [-0.3, -0.25) is 9.59 Å². The minimum atomic E-state index is -2.88. The summed E-state index contributed by atoms with van der Waals surface area (Å²) in [6.07, 6.45) is 2.84. The van der Waals surface area contributed by atoms with E-state index in [1.807, 2.05) is 19.1 Å². The Morgan fingerprint density at radius 3 is 2.33 bits per heavy atom. The first-order chi connectivity index (χ1) is 12.8. The van der Waals surface area contributed by atoms with Crippen molar-refractivity contribution in [2.24, 2.45) is 0 Å². The number of alkyl halides is 2. The van der Waals surface area contributed by atoms with E-state index in [2.05, 4.69) is 10.1 Å². The van der Waals surface area contributed by atoms with E-state index in [9.17, 15) is 18.4 Å². The smallest absolute Gasteiger partial charge is 0.387 e. The predicted molar refractivity (Wildman–Crippen MR) is 99.6 cm³/mol. The van der Waals surface area contributed by atoms with Crippen LogP contribution in [0.25, 0.3) is 6.08 Å². The second kappa shape index (κ2) is 9.47. The van der Waals surface area contributed by atoms with Gasteiger partial charge in [-0.15, -0.1) is 0 Å². The number of nitrogens with zero attached hydrogens (tertiary/aromatic N) is 1. The molecule has 27 heavy (non-hydrogen) atoms. The van der Waals surface area contributed by atoms with Crippen molar-refractivity contribution in [3.8, 4) is 5.75 Å². The molecule has 1 N–H and O–H groups in total. The zero-order chi connectivity index (χ0) is 19.8. The lowest BCUT2D eigenvalue weighted by atomic mass is 10.2. The van der Waals surface area contributed by atoms with Crippen LogP contribution in [0, 0.1) is 6.92 Å². The molecule has 0 radical (unpaired) electrons. The van der Waals surface area contributed by atoms with Crippen LogP contribution in [0.15, 0.2) is 54.6 Å². The van der Waals surface area contributed by atoms with Gasteiger partial charge < -0.3 is 15.0 Å². The number of benzene rings is 2. The molecule has 0 saturated heterocycles. The number of halogens is 2. The van der Waals surface area contributed by atoms with Gasteiger partial charge in [-0.25, -0.2) is 0 Å². The number of carbonyl (C=O) groups is 2. The monoisotopic (exact) mass is 374 g/mol. The van der Waals surface area contributed by atoms with Gasteiger partial charge >= 0.3 is 6.61 Å². The first-order valence-corrected chi connectivity index (χ1v) is 8.18. The van der Waals surface area contributed by atoms with E-state index in [4.69, 9.17) is 0 Å². The number of hydrogen-bond acceptors (Lipinski definition) is 3. The van der Waals surface area contributed by atoms with Crippen molar-refractivity contribution in [2.75, 3.05) is 18.9 Å². The molecule has 0 unspecified atom stereocenters. The molecule has 0 aliphatic heterocycles. The van der Waals surface area contributed by atoms with Gasteiger partial charge in [-0.2, -0.15) is 8.78 Å². The van der Waals surface area contributed by atoms with Crippen molar-refractivity contribution in [2.45, 2.75) is 13.5 Å². The molecule has 0 saturated carbocycles. The third-order valence-corrected chi connectivity index (χ3v) is 3.62. The summed E-state index contributed by atoms with van der Waals surface area (Å²) < 4.78 is 28.5. The lowest BCUT2D eigenvalue weighted by Crippen LogP contribution is -2.33. The van der Waals surface area contributed by atoms with Crippen molar-refractivity contribution in [1.29, 1.82) is 0 Å². The van der Waals surface area contributed by atoms with E-state index in [1.165, 1.54) is 36.2 Å². The van der Waals surface area contributed by atoms with Gasteiger partial charge in [0, 0.05) is 18.8 Å². The minimum Gasteiger partial charge on any atom is -0.435 e. The van der Waals surface area contributed by atoms with Crippen LogP contribution in [0.4, 0.5) is 14.5 Å². The molecule has 2 aromatic rings. The molecule has 0 aliphatic carbocycles. The lowest BCUT2D eigenvalue weighted by molar-refractivity contribution is -0.129. The number of aryl methyl sites for hydroxylation is 1. The standard InChI is InChI=1S/C20H20F2N2O3/c1-14-3-8-16(9-4-14)23-18(25)13-24(2)19(26)12-7-15-5-10-17(11-6-15)27-20(21)22/h3-12,20H,13H2,1-2H3,(H,23,25)/b12-7+. The molecular formula is C20H20F2N2O3. The maximum absolute atomic E-state index is 12.1. The highest BCUT2D eigenvalue weighted by atomic mass is 19.3. The molecule has 2 amide bonds. The maximum Gasteiger partial charge on any atom is 0.387 e. The van der Waals surface area contributed by atoms with Gasteiger partial charge in [0.1, 0.15) is 5.75 Å². The summed E-state index contributed by atoms with van der Waals surface area (Å²) in [6.45, 7) is -1.03. The molecule has 0 spiro atoms. The van der Waals surface area contributed by atoms with E-state index in [1.54, 1.807) is 24.3 Å². The number of hydrogen-bond donors (Lipinski definition) is 1. The Labute approximate surface area is 156 Å². The van der Waals surface area contributed by atoms with Gasteiger partial charge in [0.15, 0.2) is 0 Å². The molecule has 7 heteroatoms.